The van der Waals surface area contributed by atoms with Crippen molar-refractivity contribution >= 4 is 22.3 Å². The number of nitro benzene ring substituents is 1. The number of rotatable bonds is 3. The van der Waals surface area contributed by atoms with Crippen LogP contribution in [0.15, 0.2) is 36.8 Å². The zero-order valence-corrected chi connectivity index (χ0v) is 13.2. The number of hydrogen-bond donors (Lipinski definition) is 0. The molecule has 0 radical (unpaired) electrons. The highest BCUT2D eigenvalue weighted by molar-refractivity contribution is 5.97. The first-order chi connectivity index (χ1) is 11.7. The summed E-state index contributed by atoms with van der Waals surface area (Å²) in [4.78, 5) is 17.6. The van der Waals surface area contributed by atoms with Crippen LogP contribution >= 0.6 is 0 Å². The van der Waals surface area contributed by atoms with Gasteiger partial charge in [-0.15, -0.1) is 10.2 Å². The molecule has 0 aliphatic carbocycles. The number of nitro groups is 1. The van der Waals surface area contributed by atoms with E-state index in [0.29, 0.717) is 10.9 Å². The maximum atomic E-state index is 11.3. The quantitative estimate of drug-likeness (QED) is 0.543. The Morgan fingerprint density at radius 3 is 2.96 bits per heavy atom. The van der Waals surface area contributed by atoms with E-state index in [1.54, 1.807) is 36.8 Å². The van der Waals surface area contributed by atoms with Crippen LogP contribution < -0.4 is 4.90 Å². The summed E-state index contributed by atoms with van der Waals surface area (Å²) in [6.07, 6.45) is 5.36. The fraction of sp³-hybridized carbons (Fsp3) is 0.312. The van der Waals surface area contributed by atoms with Crippen LogP contribution in [0.25, 0.3) is 10.9 Å². The Bertz CT molecular complexity index is 922. The number of nitrogens with zero attached hydrogens (tertiary/aromatic N) is 6. The Labute approximate surface area is 137 Å². The average molecular weight is 324 g/mol. The Hall–Kier alpha value is -3.03. The molecule has 8 heteroatoms. The first-order valence-corrected chi connectivity index (χ1v) is 7.79. The second kappa shape index (κ2) is 5.55. The third-order valence-electron chi connectivity index (χ3n) is 4.53. The topological polar surface area (TPSA) is 90.0 Å². The van der Waals surface area contributed by atoms with Gasteiger partial charge in [-0.1, -0.05) is 0 Å². The van der Waals surface area contributed by atoms with Gasteiger partial charge >= 0.3 is 0 Å². The number of anilines is 1. The van der Waals surface area contributed by atoms with Crippen LogP contribution in [0, 0.1) is 10.1 Å². The van der Waals surface area contributed by atoms with E-state index in [0.717, 1.165) is 30.9 Å². The number of pyridine rings is 1. The summed E-state index contributed by atoms with van der Waals surface area (Å²) in [6.45, 7) is 0.862. The fourth-order valence-electron chi connectivity index (χ4n) is 3.45. The predicted molar refractivity (Wildman–Crippen MR) is 88.7 cm³/mol. The lowest BCUT2D eigenvalue weighted by molar-refractivity contribution is -0.383. The Balaban J connectivity index is 1.86. The minimum atomic E-state index is -0.363. The third-order valence-corrected chi connectivity index (χ3v) is 4.53. The zero-order chi connectivity index (χ0) is 16.7. The molecule has 0 N–H and O–H groups in total. The minimum Gasteiger partial charge on any atom is -0.359 e. The van der Waals surface area contributed by atoms with Gasteiger partial charge in [-0.3, -0.25) is 15.1 Å². The normalized spacial score (nSPS) is 17.5. The lowest BCUT2D eigenvalue weighted by Crippen LogP contribution is -2.25. The number of aromatic nitrogens is 4. The van der Waals surface area contributed by atoms with Gasteiger partial charge in [0, 0.05) is 25.9 Å². The van der Waals surface area contributed by atoms with Gasteiger partial charge in [0.2, 0.25) is 0 Å². The lowest BCUT2D eigenvalue weighted by Gasteiger charge is -2.26. The Morgan fingerprint density at radius 2 is 2.21 bits per heavy atom. The maximum absolute atomic E-state index is 11.3. The summed E-state index contributed by atoms with van der Waals surface area (Å²) in [6, 6.07) is 6.93. The molecule has 0 bridgehead atoms. The van der Waals surface area contributed by atoms with Crippen LogP contribution in [-0.2, 0) is 7.05 Å². The minimum absolute atomic E-state index is 0.0799. The Morgan fingerprint density at radius 1 is 1.33 bits per heavy atom. The molecule has 0 saturated carbocycles. The van der Waals surface area contributed by atoms with Crippen molar-refractivity contribution in [1.29, 1.82) is 0 Å². The van der Waals surface area contributed by atoms with E-state index in [9.17, 15) is 10.1 Å². The SMILES string of the molecule is Cn1cnnc1[C@H]1CCCN1c1ccc([N+](=O)[O-])c2cccnc12. The summed E-state index contributed by atoms with van der Waals surface area (Å²) in [5.41, 5.74) is 1.64. The van der Waals surface area contributed by atoms with Crippen molar-refractivity contribution in [1.82, 2.24) is 19.7 Å². The molecule has 1 saturated heterocycles. The molecule has 1 atom stereocenters. The van der Waals surface area contributed by atoms with Crippen LogP contribution in [0.4, 0.5) is 11.4 Å². The highest BCUT2D eigenvalue weighted by Crippen LogP contribution is 2.40. The molecule has 122 valence electrons. The van der Waals surface area contributed by atoms with Crippen molar-refractivity contribution in [3.8, 4) is 0 Å². The van der Waals surface area contributed by atoms with Crippen LogP contribution in [0.1, 0.15) is 24.7 Å². The summed E-state index contributed by atoms with van der Waals surface area (Å²) < 4.78 is 1.92. The largest absolute Gasteiger partial charge is 0.359 e. The number of non-ortho nitro benzene ring substituents is 1. The van der Waals surface area contributed by atoms with Crippen molar-refractivity contribution in [2.24, 2.45) is 7.05 Å². The molecule has 24 heavy (non-hydrogen) atoms. The van der Waals surface area contributed by atoms with Gasteiger partial charge in [-0.25, -0.2) is 0 Å². The van der Waals surface area contributed by atoms with E-state index >= 15 is 0 Å². The van der Waals surface area contributed by atoms with E-state index in [1.165, 1.54) is 0 Å². The first-order valence-electron chi connectivity index (χ1n) is 7.79. The fourth-order valence-corrected chi connectivity index (χ4v) is 3.45. The molecule has 3 heterocycles. The molecule has 8 nitrogen and oxygen atoms in total. The molecule has 2 aromatic heterocycles. The molecule has 0 unspecified atom stereocenters. The molecular formula is C16H16N6O2. The zero-order valence-electron chi connectivity index (χ0n) is 13.2. The summed E-state index contributed by atoms with van der Waals surface area (Å²) >= 11 is 0. The highest BCUT2D eigenvalue weighted by Gasteiger charge is 2.31. The summed E-state index contributed by atoms with van der Waals surface area (Å²) in [5.74, 6) is 0.898. The number of hydrogen-bond acceptors (Lipinski definition) is 6. The van der Waals surface area contributed by atoms with Crippen LogP contribution in [0.5, 0.6) is 0 Å². The van der Waals surface area contributed by atoms with E-state index < -0.39 is 0 Å². The van der Waals surface area contributed by atoms with Gasteiger partial charge in [-0.2, -0.15) is 0 Å². The summed E-state index contributed by atoms with van der Waals surface area (Å²) in [7, 11) is 1.93. The van der Waals surface area contributed by atoms with E-state index in [4.69, 9.17) is 0 Å². The maximum Gasteiger partial charge on any atom is 0.278 e. The molecule has 0 spiro atoms. The number of fused-ring (bicyclic) bond motifs is 1. The summed E-state index contributed by atoms with van der Waals surface area (Å²) in [5, 5.41) is 20.1. The van der Waals surface area contributed by atoms with Gasteiger partial charge in [-0.05, 0) is 31.0 Å². The smallest absolute Gasteiger partial charge is 0.278 e. The second-order valence-corrected chi connectivity index (χ2v) is 5.91. The van der Waals surface area contributed by atoms with Crippen molar-refractivity contribution in [2.75, 3.05) is 11.4 Å². The van der Waals surface area contributed by atoms with Gasteiger partial charge < -0.3 is 9.47 Å². The van der Waals surface area contributed by atoms with E-state index in [-0.39, 0.29) is 16.7 Å². The van der Waals surface area contributed by atoms with E-state index in [1.807, 2.05) is 11.6 Å². The highest BCUT2D eigenvalue weighted by atomic mass is 16.6. The molecular weight excluding hydrogens is 308 g/mol. The van der Waals surface area contributed by atoms with Gasteiger partial charge in [0.15, 0.2) is 5.82 Å². The monoisotopic (exact) mass is 324 g/mol. The van der Waals surface area contributed by atoms with Crippen molar-refractivity contribution in [2.45, 2.75) is 18.9 Å². The van der Waals surface area contributed by atoms with Crippen molar-refractivity contribution in [3.63, 3.8) is 0 Å². The van der Waals surface area contributed by atoms with Crippen LogP contribution in [-0.4, -0.2) is 31.2 Å². The molecule has 3 aromatic rings. The standard InChI is InChI=1S/C16H16N6O2/c1-20-10-18-19-16(20)14-5-3-9-21(14)13-7-6-12(22(23)24)11-4-2-8-17-15(11)13/h2,4,6-8,10,14H,3,5,9H2,1H3/t14-/m1/s1. The van der Waals surface area contributed by atoms with Gasteiger partial charge in [0.05, 0.1) is 22.0 Å². The van der Waals surface area contributed by atoms with Crippen molar-refractivity contribution in [3.05, 3.63) is 52.7 Å². The van der Waals surface area contributed by atoms with Crippen LogP contribution in [0.2, 0.25) is 0 Å². The molecule has 1 fully saturated rings. The lowest BCUT2D eigenvalue weighted by atomic mass is 10.1. The predicted octanol–water partition coefficient (Wildman–Crippen LogP) is 2.61. The van der Waals surface area contributed by atoms with Gasteiger partial charge in [0.25, 0.3) is 5.69 Å². The Kier molecular flexibility index (Phi) is 3.37. The molecule has 1 aromatic carbocycles. The molecule has 1 aliphatic rings. The molecule has 4 rings (SSSR count). The average Bonchev–Trinajstić information content (AvgIpc) is 3.22. The second-order valence-electron chi connectivity index (χ2n) is 5.91. The number of aryl methyl sites for hydroxylation is 1. The number of benzene rings is 1. The van der Waals surface area contributed by atoms with Gasteiger partial charge in [0.1, 0.15) is 11.8 Å². The first kappa shape index (κ1) is 14.6. The third kappa shape index (κ3) is 2.18. The molecule has 1 aliphatic heterocycles. The van der Waals surface area contributed by atoms with Crippen LogP contribution in [0.3, 0.4) is 0 Å². The molecule has 0 amide bonds. The van der Waals surface area contributed by atoms with E-state index in [2.05, 4.69) is 20.1 Å². The van der Waals surface area contributed by atoms with Crippen molar-refractivity contribution < 1.29 is 4.92 Å².